The Bertz CT molecular complexity index is 1080. The molecule has 1 aliphatic heterocycles. The summed E-state index contributed by atoms with van der Waals surface area (Å²) in [7, 11) is 1.24. The molecule has 1 atom stereocenters. The van der Waals surface area contributed by atoms with E-state index in [0.717, 1.165) is 12.1 Å². The molecule has 2 N–H and O–H groups in total. The number of halogens is 5. The fourth-order valence-corrected chi connectivity index (χ4v) is 3.79. The maximum absolute atomic E-state index is 14.2. The summed E-state index contributed by atoms with van der Waals surface area (Å²) in [5.41, 5.74) is 3.25. The Morgan fingerprint density at radius 3 is 2.39 bits per heavy atom. The number of nitrogens with two attached hydrogens (primary N) is 1. The molecular formula is C20H16Cl2F3N3O3. The van der Waals surface area contributed by atoms with Gasteiger partial charge in [-0.05, 0) is 42.8 Å². The Hall–Kier alpha value is -2.78. The number of primary amides is 1. The zero-order valence-corrected chi connectivity index (χ0v) is 17.8. The van der Waals surface area contributed by atoms with Crippen molar-refractivity contribution in [3.8, 4) is 0 Å². The third-order valence-corrected chi connectivity index (χ3v) is 5.17. The van der Waals surface area contributed by atoms with Gasteiger partial charge in [-0.3, -0.25) is 4.79 Å². The number of benzene rings is 2. The molecule has 3 rings (SSSR count). The van der Waals surface area contributed by atoms with Crippen molar-refractivity contribution in [3.63, 3.8) is 0 Å². The van der Waals surface area contributed by atoms with E-state index in [1.165, 1.54) is 25.3 Å². The molecule has 0 aromatic heterocycles. The summed E-state index contributed by atoms with van der Waals surface area (Å²) in [6.45, 7) is 1.63. The van der Waals surface area contributed by atoms with Crippen molar-refractivity contribution in [1.82, 2.24) is 0 Å². The minimum absolute atomic E-state index is 0.0147. The summed E-state index contributed by atoms with van der Waals surface area (Å²) in [6, 6.07) is 8.04. The van der Waals surface area contributed by atoms with Crippen LogP contribution in [-0.4, -0.2) is 30.6 Å². The van der Waals surface area contributed by atoms with Crippen LogP contribution in [0.25, 0.3) is 0 Å². The number of hydrogen-bond acceptors (Lipinski definition) is 5. The highest BCUT2D eigenvalue weighted by Gasteiger charge is 2.62. The van der Waals surface area contributed by atoms with Crippen LogP contribution < -0.4 is 5.73 Å². The summed E-state index contributed by atoms with van der Waals surface area (Å²) in [5, 5.41) is 7.56. The molecule has 0 saturated heterocycles. The Labute approximate surface area is 185 Å². The van der Waals surface area contributed by atoms with Crippen molar-refractivity contribution in [2.75, 3.05) is 7.11 Å². The second-order valence-corrected chi connectivity index (χ2v) is 7.68. The number of carbonyl (C=O) groups is 1. The number of nitrogens with zero attached hydrogens (tertiary/aromatic N) is 2. The summed E-state index contributed by atoms with van der Waals surface area (Å²) in [4.78, 5) is 21.3. The van der Waals surface area contributed by atoms with Gasteiger partial charge in [-0.2, -0.15) is 13.2 Å². The van der Waals surface area contributed by atoms with Crippen molar-refractivity contribution in [3.05, 3.63) is 68.7 Å². The van der Waals surface area contributed by atoms with E-state index in [9.17, 15) is 18.0 Å². The molecule has 1 heterocycles. The van der Waals surface area contributed by atoms with E-state index in [0.29, 0.717) is 11.1 Å². The van der Waals surface area contributed by atoms with Gasteiger partial charge in [0.2, 0.25) is 5.91 Å². The van der Waals surface area contributed by atoms with Crippen LogP contribution in [-0.2, 0) is 15.3 Å². The highest BCUT2D eigenvalue weighted by molar-refractivity contribution is 6.48. The quantitative estimate of drug-likeness (QED) is 0.490. The van der Waals surface area contributed by atoms with E-state index < -0.39 is 24.1 Å². The van der Waals surface area contributed by atoms with E-state index in [-0.39, 0.29) is 32.6 Å². The molecule has 6 nitrogen and oxygen atoms in total. The molecule has 2 aromatic rings. The number of hydrogen-bond donors (Lipinski definition) is 1. The Balaban J connectivity index is 2.06. The number of oxime groups is 2. The van der Waals surface area contributed by atoms with Gasteiger partial charge in [0, 0.05) is 26.7 Å². The fourth-order valence-electron chi connectivity index (χ4n) is 3.27. The number of carbonyl (C=O) groups excluding carboxylic acids is 1. The summed E-state index contributed by atoms with van der Waals surface area (Å²) >= 11 is 11.8. The van der Waals surface area contributed by atoms with Gasteiger partial charge >= 0.3 is 6.18 Å². The smallest absolute Gasteiger partial charge is 0.399 e. The van der Waals surface area contributed by atoms with Crippen molar-refractivity contribution < 1.29 is 27.6 Å². The van der Waals surface area contributed by atoms with E-state index in [1.807, 2.05) is 0 Å². The van der Waals surface area contributed by atoms with E-state index in [1.54, 1.807) is 13.0 Å². The van der Waals surface area contributed by atoms with Crippen LogP contribution in [0.5, 0.6) is 0 Å². The number of rotatable bonds is 5. The predicted octanol–water partition coefficient (Wildman–Crippen LogP) is 4.99. The Morgan fingerprint density at radius 1 is 1.23 bits per heavy atom. The number of alkyl halides is 3. The second kappa shape index (κ2) is 8.39. The van der Waals surface area contributed by atoms with Gasteiger partial charge in [-0.15, -0.1) is 0 Å². The molecule has 0 spiro atoms. The van der Waals surface area contributed by atoms with Gasteiger partial charge in [-0.1, -0.05) is 39.6 Å². The zero-order chi connectivity index (χ0) is 23.0. The van der Waals surface area contributed by atoms with Crippen LogP contribution in [0.3, 0.4) is 0 Å². The van der Waals surface area contributed by atoms with Crippen molar-refractivity contribution in [1.29, 1.82) is 0 Å². The SMILES string of the molecule is CON=C(C1=NOC(c2cc(Cl)cc(Cl)c2)(C(F)(F)F)C1)c1ccc(C(N)=O)c(C)c1. The maximum atomic E-state index is 14.2. The average molecular weight is 474 g/mol. The molecular weight excluding hydrogens is 458 g/mol. The minimum Gasteiger partial charge on any atom is -0.399 e. The first-order chi connectivity index (χ1) is 14.5. The predicted molar refractivity (Wildman–Crippen MR) is 111 cm³/mol. The normalized spacial score (nSPS) is 19.1. The highest BCUT2D eigenvalue weighted by atomic mass is 35.5. The summed E-state index contributed by atoms with van der Waals surface area (Å²) in [5.74, 6) is -0.634. The van der Waals surface area contributed by atoms with Crippen LogP contribution in [0.4, 0.5) is 13.2 Å². The first-order valence-electron chi connectivity index (χ1n) is 8.79. The molecule has 0 radical (unpaired) electrons. The minimum atomic E-state index is -4.85. The number of amides is 1. The van der Waals surface area contributed by atoms with Gasteiger partial charge in [0.05, 0.1) is 6.42 Å². The fraction of sp³-hybridized carbons (Fsp3) is 0.250. The zero-order valence-electron chi connectivity index (χ0n) is 16.3. The van der Waals surface area contributed by atoms with Gasteiger partial charge < -0.3 is 15.4 Å². The molecule has 2 aromatic carbocycles. The van der Waals surface area contributed by atoms with E-state index in [2.05, 4.69) is 10.3 Å². The standard InChI is InChI=1S/C20H16Cl2F3N3O3/c1-10-5-11(3-4-15(10)18(26)29)17(28-30-2)16-9-19(31-27-16,20(23,24)25)12-6-13(21)8-14(22)7-12/h3-8H,9H2,1-2H3,(H2,26,29). The average Bonchev–Trinajstić information content (AvgIpc) is 3.11. The largest absolute Gasteiger partial charge is 0.435 e. The second-order valence-electron chi connectivity index (χ2n) is 6.81. The molecule has 0 saturated carbocycles. The molecule has 0 aliphatic carbocycles. The van der Waals surface area contributed by atoms with Gasteiger partial charge in [0.25, 0.3) is 5.60 Å². The van der Waals surface area contributed by atoms with Crippen molar-refractivity contribution >= 4 is 40.5 Å². The Morgan fingerprint density at radius 2 is 1.87 bits per heavy atom. The lowest BCUT2D eigenvalue weighted by Gasteiger charge is -2.29. The molecule has 11 heteroatoms. The molecule has 1 unspecified atom stereocenters. The Kier molecular flexibility index (Phi) is 6.20. The maximum Gasteiger partial charge on any atom is 0.435 e. The summed E-state index contributed by atoms with van der Waals surface area (Å²) < 4.78 is 42.6. The van der Waals surface area contributed by atoms with Crippen molar-refractivity contribution in [2.24, 2.45) is 16.0 Å². The monoisotopic (exact) mass is 473 g/mol. The van der Waals surface area contributed by atoms with Crippen LogP contribution in [0.2, 0.25) is 10.0 Å². The first kappa shape index (κ1) is 22.9. The molecule has 31 heavy (non-hydrogen) atoms. The molecule has 0 bridgehead atoms. The van der Waals surface area contributed by atoms with Gasteiger partial charge in [-0.25, -0.2) is 0 Å². The van der Waals surface area contributed by atoms with Crippen LogP contribution in [0.15, 0.2) is 46.7 Å². The summed E-state index contributed by atoms with van der Waals surface area (Å²) in [6.07, 6.45) is -5.55. The van der Waals surface area contributed by atoms with Crippen LogP contribution >= 0.6 is 23.2 Å². The molecule has 0 fully saturated rings. The van der Waals surface area contributed by atoms with Gasteiger partial charge in [0.15, 0.2) is 0 Å². The topological polar surface area (TPSA) is 86.3 Å². The highest BCUT2D eigenvalue weighted by Crippen LogP contribution is 2.49. The number of aryl methyl sites for hydroxylation is 1. The lowest BCUT2D eigenvalue weighted by Crippen LogP contribution is -2.43. The molecule has 1 amide bonds. The molecule has 164 valence electrons. The molecule has 1 aliphatic rings. The third kappa shape index (κ3) is 4.33. The van der Waals surface area contributed by atoms with Crippen LogP contribution in [0, 0.1) is 6.92 Å². The first-order valence-corrected chi connectivity index (χ1v) is 9.55. The van der Waals surface area contributed by atoms with E-state index >= 15 is 0 Å². The third-order valence-electron chi connectivity index (χ3n) is 4.74. The van der Waals surface area contributed by atoms with Gasteiger partial charge in [0.1, 0.15) is 18.5 Å². The van der Waals surface area contributed by atoms with E-state index in [4.69, 9.17) is 38.6 Å². The van der Waals surface area contributed by atoms with Crippen LogP contribution in [0.1, 0.15) is 33.5 Å². The van der Waals surface area contributed by atoms with Crippen molar-refractivity contribution in [2.45, 2.75) is 25.1 Å². The lowest BCUT2D eigenvalue weighted by atomic mass is 9.86. The lowest BCUT2D eigenvalue weighted by molar-refractivity contribution is -0.275.